The molecule has 0 atom stereocenters. The maximum absolute atomic E-state index is 12.1. The van der Waals surface area contributed by atoms with Crippen LogP contribution < -0.4 is 11.1 Å². The fraction of sp³-hybridized carbons (Fsp3) is 0.429. The Morgan fingerprint density at radius 3 is 2.16 bits per heavy atom. The summed E-state index contributed by atoms with van der Waals surface area (Å²) in [5, 5.41) is 14.5. The first-order valence-electron chi connectivity index (χ1n) is 6.36. The van der Waals surface area contributed by atoms with Crippen LogP contribution in [0.25, 0.3) is 0 Å². The molecule has 5 nitrogen and oxygen atoms in total. The highest BCUT2D eigenvalue weighted by atomic mass is 16.4. The first-order valence-corrected chi connectivity index (χ1v) is 6.36. The summed E-state index contributed by atoms with van der Waals surface area (Å²) in [7, 11) is 0. The highest BCUT2D eigenvalue weighted by Crippen LogP contribution is 2.15. The lowest BCUT2D eigenvalue weighted by molar-refractivity contribution is 0.0901. The molecule has 0 aromatic heterocycles. The molecule has 19 heavy (non-hydrogen) atoms. The Bertz CT molecular complexity index is 462. The predicted octanol–water partition coefficient (Wildman–Crippen LogP) is 2.09. The number of oxime groups is 1. The number of nitrogens with zero attached hydrogens (tertiary/aromatic N) is 1. The molecule has 0 radical (unpaired) electrons. The van der Waals surface area contributed by atoms with Gasteiger partial charge in [-0.25, -0.2) is 0 Å². The second kappa shape index (κ2) is 6.22. The van der Waals surface area contributed by atoms with Gasteiger partial charge in [-0.2, -0.15) is 0 Å². The Hall–Kier alpha value is -2.04. The molecule has 0 saturated heterocycles. The van der Waals surface area contributed by atoms with E-state index in [0.717, 1.165) is 12.8 Å². The zero-order valence-electron chi connectivity index (χ0n) is 11.6. The Morgan fingerprint density at radius 2 is 1.74 bits per heavy atom. The van der Waals surface area contributed by atoms with Gasteiger partial charge in [0.05, 0.1) is 0 Å². The van der Waals surface area contributed by atoms with Crippen molar-refractivity contribution >= 4 is 11.7 Å². The van der Waals surface area contributed by atoms with Crippen LogP contribution in [0.1, 0.15) is 49.5 Å². The van der Waals surface area contributed by atoms with E-state index >= 15 is 0 Å². The average Bonchev–Trinajstić information content (AvgIpc) is 2.46. The van der Waals surface area contributed by atoms with Crippen molar-refractivity contribution in [2.45, 2.75) is 39.2 Å². The molecule has 0 fully saturated rings. The zero-order valence-corrected chi connectivity index (χ0v) is 11.6. The summed E-state index contributed by atoms with van der Waals surface area (Å²) < 4.78 is 0. The van der Waals surface area contributed by atoms with Crippen molar-refractivity contribution in [1.82, 2.24) is 5.32 Å². The van der Waals surface area contributed by atoms with E-state index in [9.17, 15) is 4.79 Å². The van der Waals surface area contributed by atoms with Crippen LogP contribution in [0.2, 0.25) is 0 Å². The largest absolute Gasteiger partial charge is 0.409 e. The van der Waals surface area contributed by atoms with Gasteiger partial charge in [-0.1, -0.05) is 31.1 Å². The van der Waals surface area contributed by atoms with Crippen LogP contribution in [0, 0.1) is 0 Å². The van der Waals surface area contributed by atoms with E-state index in [0.29, 0.717) is 11.1 Å². The smallest absolute Gasteiger partial charge is 0.251 e. The fourth-order valence-corrected chi connectivity index (χ4v) is 1.62. The molecule has 0 saturated carbocycles. The molecule has 1 amide bonds. The average molecular weight is 263 g/mol. The molecule has 0 spiro atoms. The Balaban J connectivity index is 2.84. The molecule has 104 valence electrons. The third kappa shape index (κ3) is 3.71. The number of nitrogens with one attached hydrogen (secondary N) is 1. The summed E-state index contributed by atoms with van der Waals surface area (Å²) >= 11 is 0. The molecule has 4 N–H and O–H groups in total. The lowest BCUT2D eigenvalue weighted by Gasteiger charge is -2.28. The SMILES string of the molecule is CCC(C)(CC)NC(=O)c1ccc(/C(N)=N/O)cc1. The summed E-state index contributed by atoms with van der Waals surface area (Å²) in [5.74, 6) is -0.0869. The second-order valence-electron chi connectivity index (χ2n) is 4.78. The van der Waals surface area contributed by atoms with Gasteiger partial charge in [0.15, 0.2) is 5.84 Å². The third-order valence-electron chi connectivity index (χ3n) is 3.53. The van der Waals surface area contributed by atoms with Crippen LogP contribution in [0.3, 0.4) is 0 Å². The van der Waals surface area contributed by atoms with Crippen molar-refractivity contribution in [1.29, 1.82) is 0 Å². The lowest BCUT2D eigenvalue weighted by Crippen LogP contribution is -2.44. The van der Waals surface area contributed by atoms with E-state index in [-0.39, 0.29) is 17.3 Å². The van der Waals surface area contributed by atoms with Gasteiger partial charge in [0.2, 0.25) is 0 Å². The summed E-state index contributed by atoms with van der Waals surface area (Å²) in [4.78, 5) is 12.1. The molecule has 1 aromatic rings. The number of hydrogen-bond donors (Lipinski definition) is 3. The molecule has 1 aromatic carbocycles. The van der Waals surface area contributed by atoms with Gasteiger partial charge >= 0.3 is 0 Å². The van der Waals surface area contributed by atoms with Crippen LogP contribution in [-0.2, 0) is 0 Å². The van der Waals surface area contributed by atoms with Crippen LogP contribution in [0.5, 0.6) is 0 Å². The number of carbonyl (C=O) groups excluding carboxylic acids is 1. The van der Waals surface area contributed by atoms with Crippen molar-refractivity contribution < 1.29 is 10.0 Å². The molecule has 0 aliphatic rings. The highest BCUT2D eigenvalue weighted by Gasteiger charge is 2.22. The second-order valence-corrected chi connectivity index (χ2v) is 4.78. The van der Waals surface area contributed by atoms with Crippen molar-refractivity contribution in [3.05, 3.63) is 35.4 Å². The number of amidine groups is 1. The summed E-state index contributed by atoms with van der Waals surface area (Å²) in [6.45, 7) is 6.12. The van der Waals surface area contributed by atoms with Crippen LogP contribution in [-0.4, -0.2) is 22.5 Å². The molecule has 1 rings (SSSR count). The van der Waals surface area contributed by atoms with Crippen molar-refractivity contribution in [3.8, 4) is 0 Å². The van der Waals surface area contributed by atoms with Crippen molar-refractivity contribution in [2.75, 3.05) is 0 Å². The maximum atomic E-state index is 12.1. The normalized spacial score (nSPS) is 12.3. The first kappa shape index (κ1) is 15.0. The Labute approximate surface area is 113 Å². The van der Waals surface area contributed by atoms with Gasteiger partial charge in [0.25, 0.3) is 5.91 Å². The topological polar surface area (TPSA) is 87.7 Å². The summed E-state index contributed by atoms with van der Waals surface area (Å²) in [5.41, 5.74) is 6.41. The highest BCUT2D eigenvalue weighted by molar-refractivity contribution is 5.99. The standard InChI is InChI=1S/C14H21N3O2/c1-4-14(3,5-2)16-13(18)11-8-6-10(7-9-11)12(15)17-19/h6-9,19H,4-5H2,1-3H3,(H2,15,17)(H,16,18). The van der Waals surface area contributed by atoms with Gasteiger partial charge in [0.1, 0.15) is 0 Å². The van der Waals surface area contributed by atoms with Gasteiger partial charge in [-0.3, -0.25) is 4.79 Å². The van der Waals surface area contributed by atoms with E-state index in [1.165, 1.54) is 0 Å². The van der Waals surface area contributed by atoms with E-state index in [4.69, 9.17) is 10.9 Å². The number of hydrogen-bond acceptors (Lipinski definition) is 3. The summed E-state index contributed by atoms with van der Waals surface area (Å²) in [6.07, 6.45) is 1.74. The van der Waals surface area contributed by atoms with E-state index in [1.54, 1.807) is 24.3 Å². The van der Waals surface area contributed by atoms with Crippen LogP contribution in [0.4, 0.5) is 0 Å². The number of amides is 1. The minimum atomic E-state index is -0.193. The monoisotopic (exact) mass is 263 g/mol. The molecular weight excluding hydrogens is 242 g/mol. The number of nitrogens with two attached hydrogens (primary N) is 1. The molecule has 0 heterocycles. The van der Waals surface area contributed by atoms with Gasteiger partial charge in [-0.15, -0.1) is 0 Å². The zero-order chi connectivity index (χ0) is 14.5. The first-order chi connectivity index (χ1) is 8.95. The predicted molar refractivity (Wildman–Crippen MR) is 75.4 cm³/mol. The maximum Gasteiger partial charge on any atom is 0.251 e. The molecule has 0 unspecified atom stereocenters. The van der Waals surface area contributed by atoms with E-state index in [2.05, 4.69) is 10.5 Å². The fourth-order valence-electron chi connectivity index (χ4n) is 1.62. The van der Waals surface area contributed by atoms with E-state index in [1.807, 2.05) is 20.8 Å². The lowest BCUT2D eigenvalue weighted by atomic mass is 9.95. The van der Waals surface area contributed by atoms with Crippen LogP contribution >= 0.6 is 0 Å². The molecule has 0 bridgehead atoms. The third-order valence-corrected chi connectivity index (χ3v) is 3.53. The number of benzene rings is 1. The Morgan fingerprint density at radius 1 is 1.26 bits per heavy atom. The molecular formula is C14H21N3O2. The minimum Gasteiger partial charge on any atom is -0.409 e. The van der Waals surface area contributed by atoms with Gasteiger partial charge < -0.3 is 16.3 Å². The Kier molecular flexibility index (Phi) is 4.92. The van der Waals surface area contributed by atoms with Gasteiger partial charge in [0, 0.05) is 16.7 Å². The molecule has 0 aliphatic heterocycles. The summed E-state index contributed by atoms with van der Waals surface area (Å²) in [6, 6.07) is 6.63. The van der Waals surface area contributed by atoms with E-state index < -0.39 is 0 Å². The quantitative estimate of drug-likeness (QED) is 0.329. The van der Waals surface area contributed by atoms with Gasteiger partial charge in [-0.05, 0) is 31.9 Å². The number of carbonyl (C=O) groups is 1. The van der Waals surface area contributed by atoms with Crippen molar-refractivity contribution in [2.24, 2.45) is 10.9 Å². The number of rotatable bonds is 5. The molecule has 0 aliphatic carbocycles. The molecule has 5 heteroatoms. The minimum absolute atomic E-state index is 0.0268. The van der Waals surface area contributed by atoms with Crippen LogP contribution in [0.15, 0.2) is 29.4 Å². The van der Waals surface area contributed by atoms with Crippen molar-refractivity contribution in [3.63, 3.8) is 0 Å².